The van der Waals surface area contributed by atoms with E-state index in [0.717, 1.165) is 28.0 Å². The lowest BCUT2D eigenvalue weighted by Crippen LogP contribution is -2.16. The average Bonchev–Trinajstić information content (AvgIpc) is 3.07. The quantitative estimate of drug-likeness (QED) is 0.633. The van der Waals surface area contributed by atoms with Gasteiger partial charge in [0.1, 0.15) is 9.77 Å². The summed E-state index contributed by atoms with van der Waals surface area (Å²) in [6.45, 7) is 3.83. The molecule has 1 aromatic heterocycles. The van der Waals surface area contributed by atoms with Crippen molar-refractivity contribution in [1.29, 1.82) is 0 Å². The van der Waals surface area contributed by atoms with Gasteiger partial charge in [0, 0.05) is 16.6 Å². The van der Waals surface area contributed by atoms with Gasteiger partial charge in [-0.2, -0.15) is 0 Å². The lowest BCUT2D eigenvalue weighted by molar-refractivity contribution is 0.0602. The summed E-state index contributed by atoms with van der Waals surface area (Å²) in [5.41, 5.74) is 3.61. The Morgan fingerprint density at radius 1 is 1.04 bits per heavy atom. The van der Waals surface area contributed by atoms with Crippen LogP contribution in [0.1, 0.15) is 20.8 Å². The molecule has 0 radical (unpaired) electrons. The molecule has 5 nitrogen and oxygen atoms in total. The Labute approximate surface area is 162 Å². The summed E-state index contributed by atoms with van der Waals surface area (Å²) in [5, 5.41) is 1.67. The number of aryl methyl sites for hydroxylation is 2. The molecule has 1 heterocycles. The van der Waals surface area contributed by atoms with E-state index < -0.39 is 16.0 Å². The molecule has 7 heteroatoms. The molecule has 0 amide bonds. The topological polar surface area (TPSA) is 72.5 Å². The molecule has 0 fully saturated rings. The molecular weight excluding hydrogens is 382 g/mol. The summed E-state index contributed by atoms with van der Waals surface area (Å²) < 4.78 is 33.7. The van der Waals surface area contributed by atoms with Crippen LogP contribution < -0.4 is 4.72 Å². The standard InChI is InChI=1S/C20H19NO4S2/c1-13-7-9-15(10-8-13)17-12-26-18(20(22)25-3)19(17)27(23,24)21-16-6-4-5-14(2)11-16/h4-12,21H,1-3H3. The van der Waals surface area contributed by atoms with Crippen LogP contribution in [0.3, 0.4) is 0 Å². The zero-order valence-corrected chi connectivity index (χ0v) is 16.8. The number of carbonyl (C=O) groups excluding carboxylic acids is 1. The number of benzene rings is 2. The van der Waals surface area contributed by atoms with Crippen LogP contribution in [0.2, 0.25) is 0 Å². The molecule has 0 aliphatic heterocycles. The van der Waals surface area contributed by atoms with E-state index in [9.17, 15) is 13.2 Å². The first-order valence-electron chi connectivity index (χ1n) is 8.18. The number of sulfonamides is 1. The van der Waals surface area contributed by atoms with E-state index in [1.165, 1.54) is 7.11 Å². The normalized spacial score (nSPS) is 11.2. The fraction of sp³-hybridized carbons (Fsp3) is 0.150. The van der Waals surface area contributed by atoms with E-state index in [1.54, 1.807) is 23.6 Å². The molecule has 0 aliphatic rings. The summed E-state index contributed by atoms with van der Waals surface area (Å²) in [4.78, 5) is 12.2. The van der Waals surface area contributed by atoms with Gasteiger partial charge in [-0.05, 0) is 37.1 Å². The smallest absolute Gasteiger partial charge is 0.349 e. The number of hydrogen-bond acceptors (Lipinski definition) is 5. The van der Waals surface area contributed by atoms with E-state index in [2.05, 4.69) is 4.72 Å². The largest absolute Gasteiger partial charge is 0.465 e. The summed E-state index contributed by atoms with van der Waals surface area (Å²) in [6.07, 6.45) is 0. The highest BCUT2D eigenvalue weighted by molar-refractivity contribution is 7.93. The number of thiophene rings is 1. The van der Waals surface area contributed by atoms with Crippen LogP contribution in [0, 0.1) is 13.8 Å². The van der Waals surface area contributed by atoms with E-state index in [4.69, 9.17) is 4.74 Å². The minimum absolute atomic E-state index is 0.0493. The summed E-state index contributed by atoms with van der Waals surface area (Å²) in [7, 11) is -2.77. The monoisotopic (exact) mass is 401 g/mol. The Morgan fingerprint density at radius 3 is 2.37 bits per heavy atom. The van der Waals surface area contributed by atoms with Gasteiger partial charge in [-0.25, -0.2) is 13.2 Å². The lowest BCUT2D eigenvalue weighted by Gasteiger charge is -2.12. The Bertz CT molecular complexity index is 1080. The number of nitrogens with one attached hydrogen (secondary N) is 1. The Kier molecular flexibility index (Phi) is 5.34. The zero-order valence-electron chi connectivity index (χ0n) is 15.1. The van der Waals surface area contributed by atoms with Gasteiger partial charge >= 0.3 is 5.97 Å². The van der Waals surface area contributed by atoms with Crippen LogP contribution in [0.25, 0.3) is 11.1 Å². The van der Waals surface area contributed by atoms with Crippen molar-refractivity contribution in [1.82, 2.24) is 0 Å². The SMILES string of the molecule is COC(=O)c1scc(-c2ccc(C)cc2)c1S(=O)(=O)Nc1cccc(C)c1. The summed E-state index contributed by atoms with van der Waals surface area (Å²) in [6, 6.07) is 14.5. The number of esters is 1. The summed E-state index contributed by atoms with van der Waals surface area (Å²) in [5.74, 6) is -0.678. The molecule has 0 saturated carbocycles. The second-order valence-corrected chi connectivity index (χ2v) is 8.64. The van der Waals surface area contributed by atoms with Crippen molar-refractivity contribution < 1.29 is 17.9 Å². The van der Waals surface area contributed by atoms with Crippen molar-refractivity contribution in [2.75, 3.05) is 11.8 Å². The predicted octanol–water partition coefficient (Wildman–Crippen LogP) is 4.62. The fourth-order valence-corrected chi connectivity index (χ4v) is 5.46. The first-order valence-corrected chi connectivity index (χ1v) is 10.5. The van der Waals surface area contributed by atoms with E-state index in [0.29, 0.717) is 11.3 Å². The van der Waals surface area contributed by atoms with Gasteiger partial charge in [-0.15, -0.1) is 11.3 Å². The van der Waals surface area contributed by atoms with Crippen molar-refractivity contribution in [2.45, 2.75) is 18.7 Å². The maximum Gasteiger partial charge on any atom is 0.349 e. The van der Waals surface area contributed by atoms with E-state index >= 15 is 0 Å². The Morgan fingerprint density at radius 2 is 1.74 bits per heavy atom. The number of hydrogen-bond donors (Lipinski definition) is 1. The maximum absolute atomic E-state index is 13.2. The Hall–Kier alpha value is -2.64. The molecule has 1 N–H and O–H groups in total. The second-order valence-electron chi connectivity index (χ2n) is 6.14. The molecule has 140 valence electrons. The molecule has 0 aliphatic carbocycles. The number of methoxy groups -OCH3 is 1. The highest BCUT2D eigenvalue weighted by atomic mass is 32.2. The first-order chi connectivity index (χ1) is 12.8. The van der Waals surface area contributed by atoms with Crippen LogP contribution >= 0.6 is 11.3 Å². The number of ether oxygens (including phenoxy) is 1. The van der Waals surface area contributed by atoms with Gasteiger partial charge in [0.05, 0.1) is 7.11 Å². The zero-order chi connectivity index (χ0) is 19.6. The van der Waals surface area contributed by atoms with Crippen LogP contribution in [0.15, 0.2) is 58.8 Å². The van der Waals surface area contributed by atoms with Crippen LogP contribution in [-0.4, -0.2) is 21.5 Å². The number of carbonyl (C=O) groups is 1. The van der Waals surface area contributed by atoms with Crippen molar-refractivity contribution in [2.24, 2.45) is 0 Å². The van der Waals surface area contributed by atoms with Gasteiger partial charge in [0.25, 0.3) is 10.0 Å². The molecule has 0 spiro atoms. The van der Waals surface area contributed by atoms with Crippen LogP contribution in [-0.2, 0) is 14.8 Å². The maximum atomic E-state index is 13.2. The Balaban J connectivity index is 2.15. The molecule has 0 saturated heterocycles. The van der Waals surface area contributed by atoms with Gasteiger partial charge in [-0.3, -0.25) is 4.72 Å². The molecule has 3 aromatic rings. The third-order valence-corrected chi connectivity index (χ3v) is 6.57. The second kappa shape index (κ2) is 7.54. The van der Waals surface area contributed by atoms with Gasteiger partial charge in [-0.1, -0.05) is 42.0 Å². The predicted molar refractivity (Wildman–Crippen MR) is 108 cm³/mol. The first kappa shape index (κ1) is 19.1. The van der Waals surface area contributed by atoms with Gasteiger partial charge in [0.15, 0.2) is 0 Å². The highest BCUT2D eigenvalue weighted by Gasteiger charge is 2.30. The minimum Gasteiger partial charge on any atom is -0.465 e. The van der Waals surface area contributed by atoms with E-state index in [1.807, 2.05) is 44.2 Å². The molecule has 0 atom stereocenters. The van der Waals surface area contributed by atoms with Gasteiger partial charge in [0.2, 0.25) is 0 Å². The molecule has 27 heavy (non-hydrogen) atoms. The molecule has 3 rings (SSSR count). The third-order valence-electron chi connectivity index (χ3n) is 4.02. The van der Waals surface area contributed by atoms with Gasteiger partial charge < -0.3 is 4.74 Å². The lowest BCUT2D eigenvalue weighted by atomic mass is 10.1. The molecule has 0 bridgehead atoms. The van der Waals surface area contributed by atoms with Crippen molar-refractivity contribution in [3.05, 3.63) is 69.9 Å². The van der Waals surface area contributed by atoms with Crippen LogP contribution in [0.4, 0.5) is 5.69 Å². The van der Waals surface area contributed by atoms with Crippen molar-refractivity contribution in [3.63, 3.8) is 0 Å². The minimum atomic E-state index is -4.00. The number of anilines is 1. The van der Waals surface area contributed by atoms with E-state index in [-0.39, 0.29) is 9.77 Å². The van der Waals surface area contributed by atoms with Crippen LogP contribution in [0.5, 0.6) is 0 Å². The fourth-order valence-electron chi connectivity index (χ4n) is 2.69. The molecule has 2 aromatic carbocycles. The summed E-state index contributed by atoms with van der Waals surface area (Å²) >= 11 is 1.05. The van der Waals surface area contributed by atoms with Crippen molar-refractivity contribution >= 4 is 33.0 Å². The highest BCUT2D eigenvalue weighted by Crippen LogP contribution is 2.36. The van der Waals surface area contributed by atoms with Crippen molar-refractivity contribution in [3.8, 4) is 11.1 Å². The number of rotatable bonds is 5. The molecule has 0 unspecified atom stereocenters. The average molecular weight is 402 g/mol. The molecular formula is C20H19NO4S2. The third kappa shape index (κ3) is 4.04.